The van der Waals surface area contributed by atoms with Gasteiger partial charge in [0.25, 0.3) is 0 Å². The third-order valence-corrected chi connectivity index (χ3v) is 5.60. The van der Waals surface area contributed by atoms with E-state index in [0.29, 0.717) is 13.0 Å². The highest BCUT2D eigenvalue weighted by Gasteiger charge is 2.27. The Kier molecular flexibility index (Phi) is 4.94. The first-order valence-electron chi connectivity index (χ1n) is 9.65. The Bertz CT molecular complexity index is 1070. The van der Waals surface area contributed by atoms with Crippen LogP contribution in [0.5, 0.6) is 5.75 Å². The summed E-state index contributed by atoms with van der Waals surface area (Å²) in [6.07, 6.45) is 2.13. The molecule has 0 saturated carbocycles. The van der Waals surface area contributed by atoms with Crippen LogP contribution in [-0.2, 0) is 18.3 Å². The molecule has 1 aliphatic rings. The van der Waals surface area contributed by atoms with Crippen molar-refractivity contribution in [2.24, 2.45) is 7.05 Å². The molecule has 6 heteroatoms. The molecule has 2 heterocycles. The molecule has 0 aliphatic carbocycles. The summed E-state index contributed by atoms with van der Waals surface area (Å²) < 4.78 is 8.80. The van der Waals surface area contributed by atoms with Crippen molar-refractivity contribution in [3.8, 4) is 5.75 Å². The normalized spacial score (nSPS) is 17.1. The molecule has 0 N–H and O–H groups in total. The molecule has 6 nitrogen and oxygen atoms in total. The average molecular weight is 379 g/mol. The molecule has 1 fully saturated rings. The minimum Gasteiger partial charge on any atom is -0.497 e. The smallest absolute Gasteiger partial charge is 0.329 e. The van der Waals surface area contributed by atoms with Gasteiger partial charge < -0.3 is 9.64 Å². The van der Waals surface area contributed by atoms with Crippen molar-refractivity contribution >= 4 is 16.9 Å². The van der Waals surface area contributed by atoms with Gasteiger partial charge in [0, 0.05) is 20.1 Å². The molecular formula is C22H25N3O3. The number of hydrogen-bond donors (Lipinski definition) is 0. The van der Waals surface area contributed by atoms with Gasteiger partial charge in [0.05, 0.1) is 30.6 Å². The number of aryl methyl sites for hydroxylation is 1. The van der Waals surface area contributed by atoms with E-state index in [1.165, 1.54) is 0 Å². The number of carbonyl (C=O) groups is 1. The molecule has 1 aliphatic heterocycles. The van der Waals surface area contributed by atoms with E-state index >= 15 is 0 Å². The van der Waals surface area contributed by atoms with Crippen LogP contribution in [-0.4, -0.2) is 40.1 Å². The summed E-state index contributed by atoms with van der Waals surface area (Å²) in [6, 6.07) is 15.4. The Morgan fingerprint density at radius 2 is 1.93 bits per heavy atom. The van der Waals surface area contributed by atoms with Crippen molar-refractivity contribution in [1.29, 1.82) is 0 Å². The van der Waals surface area contributed by atoms with E-state index in [0.717, 1.165) is 41.7 Å². The number of methoxy groups -OCH3 is 1. The van der Waals surface area contributed by atoms with Gasteiger partial charge in [-0.05, 0) is 42.7 Å². The lowest BCUT2D eigenvalue weighted by atomic mass is 10.0. The predicted octanol–water partition coefficient (Wildman–Crippen LogP) is 2.75. The number of fused-ring (bicyclic) bond motifs is 1. The highest BCUT2D eigenvalue weighted by molar-refractivity contribution is 5.79. The Morgan fingerprint density at radius 1 is 1.14 bits per heavy atom. The van der Waals surface area contributed by atoms with Gasteiger partial charge >= 0.3 is 5.69 Å². The van der Waals surface area contributed by atoms with Gasteiger partial charge in [-0.3, -0.25) is 13.9 Å². The van der Waals surface area contributed by atoms with Gasteiger partial charge in [-0.25, -0.2) is 4.79 Å². The zero-order valence-corrected chi connectivity index (χ0v) is 16.3. The van der Waals surface area contributed by atoms with Gasteiger partial charge in [0.15, 0.2) is 0 Å². The summed E-state index contributed by atoms with van der Waals surface area (Å²) in [5, 5.41) is 0. The van der Waals surface area contributed by atoms with Gasteiger partial charge in [-0.2, -0.15) is 0 Å². The Morgan fingerprint density at radius 3 is 2.71 bits per heavy atom. The van der Waals surface area contributed by atoms with E-state index in [9.17, 15) is 9.59 Å². The fourth-order valence-corrected chi connectivity index (χ4v) is 4.13. The number of amides is 1. The van der Waals surface area contributed by atoms with Crippen LogP contribution >= 0.6 is 0 Å². The number of aromatic nitrogens is 2. The number of rotatable bonds is 4. The largest absolute Gasteiger partial charge is 0.497 e. The minimum atomic E-state index is -0.0201. The maximum atomic E-state index is 12.9. The molecule has 0 spiro atoms. The lowest BCUT2D eigenvalue weighted by Crippen LogP contribution is -2.43. The summed E-state index contributed by atoms with van der Waals surface area (Å²) in [6.45, 7) is 1.30. The monoisotopic (exact) mass is 379 g/mol. The van der Waals surface area contributed by atoms with Gasteiger partial charge in [0.2, 0.25) is 5.91 Å². The molecule has 1 saturated heterocycles. The second-order valence-electron chi connectivity index (χ2n) is 7.36. The number of para-hydroxylation sites is 2. The van der Waals surface area contributed by atoms with Crippen LogP contribution in [0.25, 0.3) is 11.0 Å². The van der Waals surface area contributed by atoms with E-state index < -0.39 is 0 Å². The molecule has 4 rings (SSSR count). The zero-order valence-electron chi connectivity index (χ0n) is 16.3. The third kappa shape index (κ3) is 3.30. The summed E-state index contributed by atoms with van der Waals surface area (Å²) >= 11 is 0. The first kappa shape index (κ1) is 18.3. The fraction of sp³-hybridized carbons (Fsp3) is 0.364. The van der Waals surface area contributed by atoms with Crippen molar-refractivity contribution in [2.45, 2.75) is 25.3 Å². The van der Waals surface area contributed by atoms with E-state index in [1.807, 2.05) is 58.0 Å². The van der Waals surface area contributed by atoms with Crippen molar-refractivity contribution in [3.05, 3.63) is 64.6 Å². The minimum absolute atomic E-state index is 0.00149. The van der Waals surface area contributed by atoms with Gasteiger partial charge in [-0.1, -0.05) is 24.3 Å². The molecule has 0 unspecified atom stereocenters. The lowest BCUT2D eigenvalue weighted by Gasteiger charge is -2.33. The predicted molar refractivity (Wildman–Crippen MR) is 109 cm³/mol. The quantitative estimate of drug-likeness (QED) is 0.700. The number of piperidine rings is 1. The lowest BCUT2D eigenvalue weighted by molar-refractivity contribution is -0.132. The van der Waals surface area contributed by atoms with E-state index in [2.05, 4.69) is 0 Å². The number of likely N-dealkylation sites (tertiary alicyclic amines) is 1. The molecule has 0 radical (unpaired) electrons. The van der Waals surface area contributed by atoms with Crippen molar-refractivity contribution in [2.75, 3.05) is 20.2 Å². The Balaban J connectivity index is 1.56. The third-order valence-electron chi connectivity index (χ3n) is 5.60. The van der Waals surface area contributed by atoms with Crippen LogP contribution in [0.2, 0.25) is 0 Å². The first-order valence-corrected chi connectivity index (χ1v) is 9.65. The maximum absolute atomic E-state index is 12.9. The summed E-state index contributed by atoms with van der Waals surface area (Å²) in [5.74, 6) is 0.843. The number of hydrogen-bond acceptors (Lipinski definition) is 3. The molecule has 2 aromatic carbocycles. The molecule has 146 valence electrons. The number of ether oxygens (including phenoxy) is 1. The maximum Gasteiger partial charge on any atom is 0.329 e. The van der Waals surface area contributed by atoms with Crippen LogP contribution in [0, 0.1) is 0 Å². The number of imidazole rings is 1. The zero-order chi connectivity index (χ0) is 19.7. The fourth-order valence-electron chi connectivity index (χ4n) is 4.13. The topological polar surface area (TPSA) is 56.5 Å². The van der Waals surface area contributed by atoms with Crippen LogP contribution in [0.4, 0.5) is 0 Å². The van der Waals surface area contributed by atoms with E-state index in [1.54, 1.807) is 18.7 Å². The Hall–Kier alpha value is -3.02. The van der Waals surface area contributed by atoms with E-state index in [4.69, 9.17) is 4.74 Å². The second kappa shape index (κ2) is 7.54. The van der Waals surface area contributed by atoms with Gasteiger partial charge in [-0.15, -0.1) is 0 Å². The van der Waals surface area contributed by atoms with Crippen LogP contribution in [0.15, 0.2) is 53.3 Å². The Labute approximate surface area is 163 Å². The molecule has 1 atom stereocenters. The van der Waals surface area contributed by atoms with E-state index in [-0.39, 0.29) is 17.6 Å². The molecule has 0 bridgehead atoms. The number of carbonyl (C=O) groups excluding carboxylic acids is 1. The highest BCUT2D eigenvalue weighted by Crippen LogP contribution is 2.25. The van der Waals surface area contributed by atoms with Crippen molar-refractivity contribution < 1.29 is 9.53 Å². The summed E-state index contributed by atoms with van der Waals surface area (Å²) in [5.41, 5.74) is 2.77. The number of nitrogens with zero attached hydrogens (tertiary/aromatic N) is 3. The SMILES string of the molecule is COc1cccc(CC(=O)N2CCC[C@H](n3c(=O)n(C)c4ccccc43)C2)c1. The van der Waals surface area contributed by atoms with Crippen molar-refractivity contribution in [3.63, 3.8) is 0 Å². The summed E-state index contributed by atoms with van der Waals surface area (Å²) in [7, 11) is 3.42. The van der Waals surface area contributed by atoms with Crippen LogP contribution in [0.1, 0.15) is 24.4 Å². The standard InChI is InChI=1S/C22H25N3O3/c1-23-19-10-3-4-11-20(19)25(22(23)27)17-8-6-12-24(15-17)21(26)14-16-7-5-9-18(13-16)28-2/h3-5,7,9-11,13,17H,6,8,12,14-15H2,1-2H3/t17-/m0/s1. The molecule has 28 heavy (non-hydrogen) atoms. The second-order valence-corrected chi connectivity index (χ2v) is 7.36. The molecular weight excluding hydrogens is 354 g/mol. The number of benzene rings is 2. The van der Waals surface area contributed by atoms with Crippen LogP contribution < -0.4 is 10.4 Å². The van der Waals surface area contributed by atoms with Crippen LogP contribution in [0.3, 0.4) is 0 Å². The first-order chi connectivity index (χ1) is 13.6. The summed E-state index contributed by atoms with van der Waals surface area (Å²) in [4.78, 5) is 27.6. The molecule has 1 amide bonds. The molecule has 3 aromatic rings. The average Bonchev–Trinajstić information content (AvgIpc) is 2.99. The van der Waals surface area contributed by atoms with Crippen molar-refractivity contribution in [1.82, 2.24) is 14.0 Å². The van der Waals surface area contributed by atoms with Gasteiger partial charge in [0.1, 0.15) is 5.75 Å². The highest BCUT2D eigenvalue weighted by atomic mass is 16.5. The molecule has 1 aromatic heterocycles.